The first-order chi connectivity index (χ1) is 29.8. The number of halogens is 3. The number of methoxy groups -OCH3 is 1. The number of ether oxygens (including phenoxy) is 1. The molecule has 4 saturated heterocycles. The predicted octanol–water partition coefficient (Wildman–Crippen LogP) is 4.90. The van der Waals surface area contributed by atoms with Crippen molar-refractivity contribution in [2.75, 3.05) is 81.6 Å². The van der Waals surface area contributed by atoms with E-state index in [0.29, 0.717) is 80.6 Å². The average Bonchev–Trinajstić information content (AvgIpc) is 3.89. The van der Waals surface area contributed by atoms with Crippen molar-refractivity contribution < 1.29 is 32.7 Å². The van der Waals surface area contributed by atoms with Gasteiger partial charge < -0.3 is 25.6 Å². The van der Waals surface area contributed by atoms with Crippen molar-refractivity contribution in [2.45, 2.75) is 63.5 Å². The molecule has 4 fully saturated rings. The number of benzene rings is 2. The molecule has 1 spiro atoms. The van der Waals surface area contributed by atoms with Crippen LogP contribution >= 0.6 is 11.6 Å². The van der Waals surface area contributed by atoms with Crippen LogP contribution in [0.25, 0.3) is 5.65 Å². The van der Waals surface area contributed by atoms with Gasteiger partial charge >= 0.3 is 6.03 Å². The second kappa shape index (κ2) is 16.3. The van der Waals surface area contributed by atoms with Gasteiger partial charge in [-0.1, -0.05) is 23.7 Å². The number of aromatic nitrogens is 3. The maximum Gasteiger partial charge on any atom is 0.328 e. The average molecular weight is 874 g/mol. The van der Waals surface area contributed by atoms with Crippen molar-refractivity contribution in [2.24, 2.45) is 11.1 Å². The molecule has 5 aliphatic rings. The summed E-state index contributed by atoms with van der Waals surface area (Å²) in [5, 5.41) is 10.3. The number of hydrogen-bond acceptors (Lipinski definition) is 11. The van der Waals surface area contributed by atoms with Crippen LogP contribution in [0.4, 0.5) is 36.5 Å². The third-order valence-electron chi connectivity index (χ3n) is 13.6. The third-order valence-corrected chi connectivity index (χ3v) is 13.9. The molecule has 19 heteroatoms. The number of piperidine rings is 3. The first kappa shape index (κ1) is 41.7. The van der Waals surface area contributed by atoms with E-state index < -0.39 is 23.9 Å². The maximum absolute atomic E-state index is 16.2. The van der Waals surface area contributed by atoms with E-state index in [4.69, 9.17) is 27.2 Å². The second-order valence-electron chi connectivity index (χ2n) is 17.1. The number of hydrogen-bond donors (Lipinski definition) is 3. The Morgan fingerprint density at radius 1 is 0.984 bits per heavy atom. The number of nitrogens with two attached hydrogens (primary N) is 1. The number of urea groups is 1. The molecule has 62 heavy (non-hydrogen) atoms. The van der Waals surface area contributed by atoms with E-state index in [2.05, 4.69) is 20.5 Å². The quantitative estimate of drug-likeness (QED) is 0.209. The number of nitrogens with zero attached hydrogens (tertiary/aromatic N) is 8. The highest BCUT2D eigenvalue weighted by Crippen LogP contribution is 2.45. The van der Waals surface area contributed by atoms with Gasteiger partial charge in [0.05, 0.1) is 42.3 Å². The largest absolute Gasteiger partial charge is 0.493 e. The molecule has 2 aromatic carbocycles. The van der Waals surface area contributed by atoms with Crippen molar-refractivity contribution in [3.05, 3.63) is 70.0 Å². The van der Waals surface area contributed by atoms with Crippen LogP contribution in [-0.2, 0) is 17.8 Å². The lowest BCUT2D eigenvalue weighted by Gasteiger charge is -2.51. The fourth-order valence-electron chi connectivity index (χ4n) is 10.2. The molecule has 9 rings (SSSR count). The number of amides is 5. The standard InChI is InChI=1S/C43H50ClF2N11O5/c1-48-30-22-35(51-57-33(38(47)59)23-49-39(30)57)55-14-6-28-26(4-3-5-31(28)55)24-52-13-7-34(43(45,46)25-52)53-16-9-42(10-17-53)11-18-54(19-12-42)40(60)27-20-29(44)37(62-2)32(21-27)56-15-8-36(58)50-41(56)61/h3-5,20-23,34,48H,6-19,24-25H2,1-2H3,(H2,47,59)(H,50,58,61). The number of fused-ring (bicyclic) bond motifs is 2. The number of imidazole rings is 1. The van der Waals surface area contributed by atoms with Gasteiger partial charge in [0.15, 0.2) is 17.2 Å². The van der Waals surface area contributed by atoms with Crippen molar-refractivity contribution in [1.29, 1.82) is 0 Å². The van der Waals surface area contributed by atoms with Crippen LogP contribution in [0, 0.1) is 5.41 Å². The second-order valence-corrected chi connectivity index (χ2v) is 17.5. The lowest BCUT2D eigenvalue weighted by Crippen LogP contribution is -2.60. The third kappa shape index (κ3) is 7.55. The zero-order chi connectivity index (χ0) is 43.5. The van der Waals surface area contributed by atoms with Crippen LogP contribution in [0.5, 0.6) is 5.75 Å². The molecule has 0 saturated carbocycles. The summed E-state index contributed by atoms with van der Waals surface area (Å²) in [5.74, 6) is -3.25. The fourth-order valence-corrected chi connectivity index (χ4v) is 10.5. The van der Waals surface area contributed by atoms with Gasteiger partial charge in [-0.3, -0.25) is 34.4 Å². The van der Waals surface area contributed by atoms with E-state index in [9.17, 15) is 19.2 Å². The molecular weight excluding hydrogens is 824 g/mol. The lowest BCUT2D eigenvalue weighted by atomic mass is 9.70. The topological polar surface area (TPSA) is 174 Å². The van der Waals surface area contributed by atoms with Gasteiger partial charge in [0.2, 0.25) is 5.91 Å². The molecule has 1 atom stereocenters. The Morgan fingerprint density at radius 2 is 1.73 bits per heavy atom. The first-order valence-corrected chi connectivity index (χ1v) is 21.5. The molecule has 16 nitrogen and oxygen atoms in total. The molecule has 7 heterocycles. The number of carbonyl (C=O) groups excluding carboxylic acids is 4. The SMILES string of the molecule is CNc1cc(N2CCc3c(CN4CCC(N5CCC6(CCN(C(=O)c7cc(Cl)c(OC)c(N8CCC(=O)NC8=O)c7)CC6)CC5)C(F)(F)C4)cccc32)nn2c(C(N)=O)cnc12. The van der Waals surface area contributed by atoms with Crippen molar-refractivity contribution in [1.82, 2.24) is 34.6 Å². The minimum Gasteiger partial charge on any atom is -0.493 e. The molecule has 4 N–H and O–H groups in total. The van der Waals surface area contributed by atoms with Crippen LogP contribution in [0.15, 0.2) is 42.6 Å². The molecule has 328 valence electrons. The summed E-state index contributed by atoms with van der Waals surface area (Å²) >= 11 is 6.55. The summed E-state index contributed by atoms with van der Waals surface area (Å²) in [6.45, 7) is 3.65. The molecule has 0 bridgehead atoms. The van der Waals surface area contributed by atoms with Crippen LogP contribution < -0.4 is 30.9 Å². The molecule has 1 unspecified atom stereocenters. The minimum absolute atomic E-state index is 0.0230. The van der Waals surface area contributed by atoms with E-state index in [-0.39, 0.29) is 53.2 Å². The monoisotopic (exact) mass is 873 g/mol. The first-order valence-electron chi connectivity index (χ1n) is 21.1. The van der Waals surface area contributed by atoms with E-state index in [0.717, 1.165) is 48.9 Å². The fraction of sp³-hybridized carbons (Fsp3) is 0.488. The summed E-state index contributed by atoms with van der Waals surface area (Å²) < 4.78 is 39.3. The van der Waals surface area contributed by atoms with Crippen LogP contribution in [0.1, 0.15) is 70.5 Å². The number of imide groups is 1. The molecule has 0 radical (unpaired) electrons. The normalized spacial score (nSPS) is 21.6. The molecule has 5 aliphatic heterocycles. The van der Waals surface area contributed by atoms with E-state index in [1.165, 1.54) is 22.7 Å². The van der Waals surface area contributed by atoms with Gasteiger partial charge in [-0.2, -0.15) is 0 Å². The maximum atomic E-state index is 16.2. The number of nitrogens with one attached hydrogen (secondary N) is 2. The predicted molar refractivity (Wildman–Crippen MR) is 229 cm³/mol. The van der Waals surface area contributed by atoms with Crippen LogP contribution in [0.3, 0.4) is 0 Å². The van der Waals surface area contributed by atoms with Gasteiger partial charge in [0.25, 0.3) is 17.7 Å². The molecule has 4 aromatic rings. The number of carbonyl (C=O) groups is 4. The van der Waals surface area contributed by atoms with E-state index >= 15 is 8.78 Å². The summed E-state index contributed by atoms with van der Waals surface area (Å²) in [6.07, 6.45) is 5.74. The number of likely N-dealkylation sites (tertiary alicyclic amines) is 3. The van der Waals surface area contributed by atoms with Gasteiger partial charge in [0, 0.05) is 70.1 Å². The number of alkyl halides is 2. The van der Waals surface area contributed by atoms with E-state index in [1.807, 2.05) is 34.1 Å². The van der Waals surface area contributed by atoms with Crippen LogP contribution in [0.2, 0.25) is 5.02 Å². The van der Waals surface area contributed by atoms with Crippen molar-refractivity contribution >= 4 is 63.9 Å². The van der Waals surface area contributed by atoms with Gasteiger partial charge in [-0.15, -0.1) is 5.10 Å². The van der Waals surface area contributed by atoms with Crippen LogP contribution in [-0.4, -0.2) is 132 Å². The number of rotatable bonds is 9. The minimum atomic E-state index is -2.89. The smallest absolute Gasteiger partial charge is 0.328 e. The Labute approximate surface area is 362 Å². The Bertz CT molecular complexity index is 2450. The van der Waals surface area contributed by atoms with Gasteiger partial charge in [-0.05, 0) is 86.4 Å². The lowest BCUT2D eigenvalue weighted by molar-refractivity contribution is -0.139. The molecular formula is C43H50ClF2N11O5. The summed E-state index contributed by atoms with van der Waals surface area (Å²) in [7, 11) is 3.20. The van der Waals surface area contributed by atoms with Gasteiger partial charge in [0.1, 0.15) is 5.69 Å². The highest BCUT2D eigenvalue weighted by atomic mass is 35.5. The van der Waals surface area contributed by atoms with Crippen molar-refractivity contribution in [3.63, 3.8) is 0 Å². The highest BCUT2D eigenvalue weighted by Gasteiger charge is 2.50. The van der Waals surface area contributed by atoms with Crippen molar-refractivity contribution in [3.8, 4) is 5.75 Å². The summed E-state index contributed by atoms with van der Waals surface area (Å²) in [5.41, 5.74) is 10.6. The molecule has 2 aromatic heterocycles. The molecule has 0 aliphatic carbocycles. The Balaban J connectivity index is 0.806. The highest BCUT2D eigenvalue weighted by molar-refractivity contribution is 6.33. The Hall–Kier alpha value is -5.59. The Kier molecular flexibility index (Phi) is 11.0. The zero-order valence-corrected chi connectivity index (χ0v) is 35.5. The van der Waals surface area contributed by atoms with Gasteiger partial charge in [-0.25, -0.2) is 23.1 Å². The Morgan fingerprint density at radius 3 is 2.42 bits per heavy atom. The molecule has 5 amide bonds. The zero-order valence-electron chi connectivity index (χ0n) is 34.8. The summed E-state index contributed by atoms with van der Waals surface area (Å²) in [6, 6.07) is 9.57. The number of anilines is 4. The van der Waals surface area contributed by atoms with E-state index in [1.54, 1.807) is 24.1 Å². The summed E-state index contributed by atoms with van der Waals surface area (Å²) in [4.78, 5) is 63.7. The number of primary amides is 1.